The number of anilines is 1. The van der Waals surface area contributed by atoms with Gasteiger partial charge in [0.05, 0.1) is 25.5 Å². The van der Waals surface area contributed by atoms with Gasteiger partial charge in [-0.3, -0.25) is 9.78 Å². The molecule has 0 aliphatic carbocycles. The Labute approximate surface area is 169 Å². The third-order valence-electron chi connectivity index (χ3n) is 5.99. The summed E-state index contributed by atoms with van der Waals surface area (Å²) in [6, 6.07) is 9.17. The lowest BCUT2D eigenvalue weighted by atomic mass is 9.82. The van der Waals surface area contributed by atoms with Gasteiger partial charge in [-0.15, -0.1) is 0 Å². The van der Waals surface area contributed by atoms with Gasteiger partial charge < -0.3 is 19.6 Å². The Hall–Kier alpha value is -3.18. The lowest BCUT2D eigenvalue weighted by Gasteiger charge is -2.28. The van der Waals surface area contributed by atoms with Crippen molar-refractivity contribution in [3.63, 3.8) is 0 Å². The van der Waals surface area contributed by atoms with Crippen LogP contribution in [0.5, 0.6) is 5.75 Å². The third kappa shape index (κ3) is 3.28. The van der Waals surface area contributed by atoms with Crippen LogP contribution in [0.15, 0.2) is 30.5 Å². The van der Waals surface area contributed by atoms with Crippen LogP contribution in [0.4, 0.5) is 5.82 Å². The fourth-order valence-corrected chi connectivity index (χ4v) is 4.44. The van der Waals surface area contributed by atoms with Crippen LogP contribution in [0.1, 0.15) is 21.7 Å². The smallest absolute Gasteiger partial charge is 0.257 e. The molecule has 2 saturated heterocycles. The van der Waals surface area contributed by atoms with Crippen LogP contribution in [0.3, 0.4) is 0 Å². The molecule has 2 aromatic rings. The first-order chi connectivity index (χ1) is 14.0. The van der Waals surface area contributed by atoms with Gasteiger partial charge in [-0.1, -0.05) is 6.07 Å². The monoisotopic (exact) mass is 393 g/mol. The Bertz CT molecular complexity index is 989. The van der Waals surface area contributed by atoms with E-state index in [-0.39, 0.29) is 18.4 Å². The summed E-state index contributed by atoms with van der Waals surface area (Å²) in [5.41, 5.74) is 1.21. The summed E-state index contributed by atoms with van der Waals surface area (Å²) in [6.07, 6.45) is 1.57. The number of aryl methyl sites for hydroxylation is 1. The van der Waals surface area contributed by atoms with E-state index in [0.29, 0.717) is 43.2 Å². The van der Waals surface area contributed by atoms with Crippen LogP contribution in [-0.4, -0.2) is 65.8 Å². The van der Waals surface area contributed by atoms with E-state index in [1.165, 1.54) is 7.11 Å². The number of hydrogen-bond donors (Lipinski definition) is 1. The van der Waals surface area contributed by atoms with Gasteiger partial charge in [0.1, 0.15) is 23.3 Å². The van der Waals surface area contributed by atoms with Crippen LogP contribution in [-0.2, 0) is 0 Å². The zero-order chi connectivity index (χ0) is 20.6. The highest BCUT2D eigenvalue weighted by Gasteiger charge is 2.53. The van der Waals surface area contributed by atoms with Gasteiger partial charge in [-0.2, -0.15) is 5.26 Å². The molecule has 4 heterocycles. The molecule has 150 valence electrons. The van der Waals surface area contributed by atoms with E-state index in [0.717, 1.165) is 11.5 Å². The van der Waals surface area contributed by atoms with Crippen molar-refractivity contribution in [1.29, 1.82) is 5.26 Å². The topological polar surface area (TPSA) is 103 Å². The second-order valence-corrected chi connectivity index (χ2v) is 7.80. The van der Waals surface area contributed by atoms with Crippen molar-refractivity contribution in [2.24, 2.45) is 11.3 Å². The van der Waals surface area contributed by atoms with Gasteiger partial charge in [-0.05, 0) is 25.1 Å². The van der Waals surface area contributed by atoms with Crippen molar-refractivity contribution >= 4 is 11.7 Å². The number of methoxy groups -OCH3 is 1. The zero-order valence-corrected chi connectivity index (χ0v) is 16.5. The Balaban J connectivity index is 1.55. The molecule has 0 spiro atoms. The Morgan fingerprint density at radius 3 is 2.93 bits per heavy atom. The van der Waals surface area contributed by atoms with Crippen molar-refractivity contribution in [1.82, 2.24) is 14.9 Å². The van der Waals surface area contributed by atoms with Crippen LogP contribution >= 0.6 is 0 Å². The Morgan fingerprint density at radius 1 is 1.41 bits per heavy atom. The van der Waals surface area contributed by atoms with E-state index in [2.05, 4.69) is 20.9 Å². The van der Waals surface area contributed by atoms with E-state index >= 15 is 0 Å². The molecule has 0 radical (unpaired) electrons. The first kappa shape index (κ1) is 19.2. The molecule has 1 amide bonds. The number of aromatic nitrogens is 2. The van der Waals surface area contributed by atoms with Crippen molar-refractivity contribution in [2.45, 2.75) is 6.92 Å². The van der Waals surface area contributed by atoms with Gasteiger partial charge in [-0.25, -0.2) is 4.98 Å². The molecule has 0 saturated carbocycles. The lowest BCUT2D eigenvalue weighted by Crippen LogP contribution is -2.39. The minimum atomic E-state index is -0.407. The normalized spacial score (nSPS) is 23.0. The van der Waals surface area contributed by atoms with Gasteiger partial charge in [0.2, 0.25) is 0 Å². The zero-order valence-electron chi connectivity index (χ0n) is 16.5. The largest absolute Gasteiger partial charge is 0.494 e. The van der Waals surface area contributed by atoms with E-state index in [1.54, 1.807) is 23.2 Å². The molecule has 0 bridgehead atoms. The minimum absolute atomic E-state index is 0.0115. The summed E-state index contributed by atoms with van der Waals surface area (Å²) in [7, 11) is 1.53. The molecule has 1 N–H and O–H groups in total. The fourth-order valence-electron chi connectivity index (χ4n) is 4.44. The number of pyridine rings is 2. The predicted octanol–water partition coefficient (Wildman–Crippen LogP) is 1.24. The Kier molecular flexibility index (Phi) is 4.84. The fraction of sp³-hybridized carbons (Fsp3) is 0.429. The summed E-state index contributed by atoms with van der Waals surface area (Å²) in [4.78, 5) is 25.6. The number of carbonyl (C=O) groups excluding carboxylic acids is 1. The number of rotatable bonds is 4. The second-order valence-electron chi connectivity index (χ2n) is 7.80. The molecular formula is C21H23N5O3. The molecule has 8 heteroatoms. The SMILES string of the molecule is COc1cnc(C)cc1C(=O)N1C[C@@H]2CN(c3cccc(C#N)n3)C[C@]2(CO)C1. The highest BCUT2D eigenvalue weighted by atomic mass is 16.5. The number of aliphatic hydroxyl groups is 1. The molecular weight excluding hydrogens is 370 g/mol. The van der Waals surface area contributed by atoms with Gasteiger partial charge in [0, 0.05) is 43.2 Å². The molecule has 0 aromatic carbocycles. The van der Waals surface area contributed by atoms with Crippen LogP contribution in [0, 0.1) is 29.6 Å². The standard InChI is InChI=1S/C21H23N5O3/c1-14-6-17(18(29-2)8-23-14)20(28)26-10-15-9-25(11-21(15,12-26)13-27)19-5-3-4-16(7-22)24-19/h3-6,8,15,27H,9-13H2,1-2H3/t15-,21+/m0/s1. The van der Waals surface area contributed by atoms with Crippen LogP contribution in [0.25, 0.3) is 0 Å². The summed E-state index contributed by atoms with van der Waals surface area (Å²) in [5.74, 6) is 1.20. The molecule has 8 nitrogen and oxygen atoms in total. The highest BCUT2D eigenvalue weighted by molar-refractivity contribution is 5.97. The van der Waals surface area contributed by atoms with Gasteiger partial charge in [0.25, 0.3) is 5.91 Å². The average Bonchev–Trinajstić information content (AvgIpc) is 3.28. The van der Waals surface area contributed by atoms with Crippen LogP contribution < -0.4 is 9.64 Å². The van der Waals surface area contributed by atoms with E-state index in [4.69, 9.17) is 10.00 Å². The van der Waals surface area contributed by atoms with E-state index in [1.807, 2.05) is 19.1 Å². The number of hydrogen-bond acceptors (Lipinski definition) is 7. The molecule has 2 aromatic heterocycles. The Morgan fingerprint density at radius 2 is 2.24 bits per heavy atom. The summed E-state index contributed by atoms with van der Waals surface area (Å²) >= 11 is 0. The van der Waals surface area contributed by atoms with Crippen molar-refractivity contribution in [2.75, 3.05) is 44.8 Å². The number of aliphatic hydroxyl groups excluding tert-OH is 1. The first-order valence-corrected chi connectivity index (χ1v) is 9.52. The lowest BCUT2D eigenvalue weighted by molar-refractivity contribution is 0.0744. The number of likely N-dealkylation sites (tertiary alicyclic amines) is 1. The number of carbonyl (C=O) groups is 1. The number of amides is 1. The molecule has 2 aliphatic heterocycles. The predicted molar refractivity (Wildman–Crippen MR) is 106 cm³/mol. The number of nitriles is 1. The average molecular weight is 393 g/mol. The van der Waals surface area contributed by atoms with Crippen molar-refractivity contribution in [3.05, 3.63) is 47.4 Å². The van der Waals surface area contributed by atoms with Crippen LogP contribution in [0.2, 0.25) is 0 Å². The molecule has 2 fully saturated rings. The van der Waals surface area contributed by atoms with E-state index < -0.39 is 5.41 Å². The van der Waals surface area contributed by atoms with E-state index in [9.17, 15) is 9.90 Å². The van der Waals surface area contributed by atoms with Gasteiger partial charge in [0.15, 0.2) is 0 Å². The summed E-state index contributed by atoms with van der Waals surface area (Å²) < 4.78 is 5.32. The third-order valence-corrected chi connectivity index (χ3v) is 5.99. The number of nitrogens with zero attached hydrogens (tertiary/aromatic N) is 5. The summed E-state index contributed by atoms with van der Waals surface area (Å²) in [5, 5.41) is 19.3. The first-order valence-electron chi connectivity index (χ1n) is 9.52. The summed E-state index contributed by atoms with van der Waals surface area (Å²) in [6.45, 7) is 4.11. The van der Waals surface area contributed by atoms with Crippen molar-refractivity contribution < 1.29 is 14.6 Å². The maximum absolute atomic E-state index is 13.2. The van der Waals surface area contributed by atoms with Gasteiger partial charge >= 0.3 is 0 Å². The molecule has 29 heavy (non-hydrogen) atoms. The van der Waals surface area contributed by atoms with Crippen molar-refractivity contribution in [3.8, 4) is 11.8 Å². The molecule has 0 unspecified atom stereocenters. The second kappa shape index (κ2) is 7.33. The molecule has 2 atom stereocenters. The highest BCUT2D eigenvalue weighted by Crippen LogP contribution is 2.44. The minimum Gasteiger partial charge on any atom is -0.494 e. The maximum atomic E-state index is 13.2. The molecule has 2 aliphatic rings. The quantitative estimate of drug-likeness (QED) is 0.833. The number of ether oxygens (including phenoxy) is 1. The maximum Gasteiger partial charge on any atom is 0.257 e. The molecule has 4 rings (SSSR count). The number of fused-ring (bicyclic) bond motifs is 1.